The lowest BCUT2D eigenvalue weighted by atomic mass is 10.2. The van der Waals surface area contributed by atoms with E-state index < -0.39 is 34.4 Å². The molecule has 110 valence electrons. The summed E-state index contributed by atoms with van der Waals surface area (Å²) in [7, 11) is -3.32. The van der Waals surface area contributed by atoms with Gasteiger partial charge in [0.25, 0.3) is 10.0 Å². The van der Waals surface area contributed by atoms with Crippen LogP contribution >= 0.6 is 0 Å². The highest BCUT2D eigenvalue weighted by molar-refractivity contribution is 7.89. The van der Waals surface area contributed by atoms with Gasteiger partial charge in [0, 0.05) is 0 Å². The van der Waals surface area contributed by atoms with Crippen LogP contribution in [0.3, 0.4) is 0 Å². The van der Waals surface area contributed by atoms with Crippen molar-refractivity contribution < 1.29 is 33.1 Å². The van der Waals surface area contributed by atoms with Crippen LogP contribution in [0.15, 0.2) is 35.2 Å². The fourth-order valence-electron chi connectivity index (χ4n) is 1.51. The zero-order valence-electron chi connectivity index (χ0n) is 10.5. The molecule has 2 N–H and O–H groups in total. The fourth-order valence-corrected chi connectivity index (χ4v) is 2.91. The highest BCUT2D eigenvalue weighted by Gasteiger charge is 2.38. The Morgan fingerprint density at radius 1 is 1.25 bits per heavy atom. The van der Waals surface area contributed by atoms with E-state index in [4.69, 9.17) is 10.2 Å². The van der Waals surface area contributed by atoms with Crippen molar-refractivity contribution in [2.45, 2.75) is 17.4 Å². The Kier molecular flexibility index (Phi) is 5.19. The summed E-state index contributed by atoms with van der Waals surface area (Å²) in [5, 5.41) is 17.7. The standard InChI is InChI=1S/C11H13NO7S/c1-19-12(9(11(15)16)7-10(13)14)20(17,18)8-5-3-2-4-6-8/h2-6,9H,7H2,1H3,(H,13,14)(H,15,16)/t9-/m0/s1. The maximum Gasteiger partial charge on any atom is 0.325 e. The van der Waals surface area contributed by atoms with Gasteiger partial charge in [0.05, 0.1) is 18.4 Å². The molecule has 1 aromatic rings. The summed E-state index contributed by atoms with van der Waals surface area (Å²) < 4.78 is 24.7. The maximum atomic E-state index is 12.2. The Hall–Kier alpha value is -1.97. The molecule has 0 radical (unpaired) electrons. The maximum absolute atomic E-state index is 12.2. The van der Waals surface area contributed by atoms with Crippen molar-refractivity contribution in [3.05, 3.63) is 30.3 Å². The zero-order valence-corrected chi connectivity index (χ0v) is 11.3. The third-order valence-corrected chi connectivity index (χ3v) is 4.11. The van der Waals surface area contributed by atoms with Gasteiger partial charge in [-0.3, -0.25) is 14.4 Å². The molecule has 0 saturated heterocycles. The highest BCUT2D eigenvalue weighted by Crippen LogP contribution is 2.19. The minimum absolute atomic E-state index is 0.179. The first kappa shape index (κ1) is 16.1. The molecule has 20 heavy (non-hydrogen) atoms. The molecular formula is C11H13NO7S. The molecule has 0 bridgehead atoms. The van der Waals surface area contributed by atoms with Crippen molar-refractivity contribution in [2.75, 3.05) is 7.11 Å². The predicted molar refractivity (Wildman–Crippen MR) is 66.2 cm³/mol. The predicted octanol–water partition coefficient (Wildman–Crippen LogP) is 0.167. The Morgan fingerprint density at radius 2 is 1.80 bits per heavy atom. The molecule has 8 nitrogen and oxygen atoms in total. The molecule has 1 atom stereocenters. The number of hydrogen-bond acceptors (Lipinski definition) is 5. The van der Waals surface area contributed by atoms with Gasteiger partial charge in [-0.05, 0) is 12.1 Å². The number of rotatable bonds is 7. The lowest BCUT2D eigenvalue weighted by Gasteiger charge is -2.24. The molecule has 0 aliphatic heterocycles. The van der Waals surface area contributed by atoms with Crippen LogP contribution in [0.2, 0.25) is 0 Å². The number of hydrogen-bond donors (Lipinski definition) is 2. The summed E-state index contributed by atoms with van der Waals surface area (Å²) in [5.74, 6) is -3.07. The van der Waals surface area contributed by atoms with Crippen molar-refractivity contribution in [3.8, 4) is 0 Å². The van der Waals surface area contributed by atoms with Gasteiger partial charge in [-0.15, -0.1) is 0 Å². The third-order valence-electron chi connectivity index (χ3n) is 2.37. The van der Waals surface area contributed by atoms with E-state index in [1.54, 1.807) is 6.07 Å². The van der Waals surface area contributed by atoms with Crippen LogP contribution < -0.4 is 0 Å². The van der Waals surface area contributed by atoms with Crippen LogP contribution in [0.4, 0.5) is 0 Å². The first-order valence-corrected chi connectivity index (χ1v) is 6.83. The molecule has 0 heterocycles. The molecule has 1 rings (SSSR count). The Morgan fingerprint density at radius 3 is 2.20 bits per heavy atom. The van der Waals surface area contributed by atoms with Gasteiger partial charge in [-0.2, -0.15) is 0 Å². The number of carboxylic acids is 2. The molecule has 0 unspecified atom stereocenters. The minimum atomic E-state index is -4.27. The topological polar surface area (TPSA) is 121 Å². The van der Waals surface area contributed by atoms with Gasteiger partial charge in [-0.25, -0.2) is 8.42 Å². The van der Waals surface area contributed by atoms with E-state index in [9.17, 15) is 18.0 Å². The number of benzene rings is 1. The largest absolute Gasteiger partial charge is 0.481 e. The summed E-state index contributed by atoms with van der Waals surface area (Å²) in [6.45, 7) is 0. The summed E-state index contributed by atoms with van der Waals surface area (Å²) in [4.78, 5) is 26.1. The van der Waals surface area contributed by atoms with Crippen molar-refractivity contribution in [1.82, 2.24) is 4.47 Å². The van der Waals surface area contributed by atoms with Crippen LogP contribution in [-0.4, -0.2) is 48.2 Å². The molecule has 0 aliphatic rings. The number of carboxylic acid groups (broad SMARTS) is 2. The van der Waals surface area contributed by atoms with E-state index in [2.05, 4.69) is 4.84 Å². The monoisotopic (exact) mass is 303 g/mol. The number of aliphatic carboxylic acids is 2. The van der Waals surface area contributed by atoms with Gasteiger partial charge in [-0.1, -0.05) is 22.7 Å². The SMILES string of the molecule is CON([C@@H](CC(=O)O)C(=O)O)S(=O)(=O)c1ccccc1. The summed E-state index contributed by atoms with van der Waals surface area (Å²) in [5.41, 5.74) is 0. The first-order chi connectivity index (χ1) is 9.30. The molecule has 0 aromatic heterocycles. The van der Waals surface area contributed by atoms with E-state index >= 15 is 0 Å². The lowest BCUT2D eigenvalue weighted by molar-refractivity contribution is -0.162. The van der Waals surface area contributed by atoms with Crippen LogP contribution in [0.5, 0.6) is 0 Å². The first-order valence-electron chi connectivity index (χ1n) is 5.39. The van der Waals surface area contributed by atoms with Gasteiger partial charge in [0.1, 0.15) is 0 Å². The lowest BCUT2D eigenvalue weighted by Crippen LogP contribution is -2.45. The average molecular weight is 303 g/mol. The molecule has 0 saturated carbocycles. The van der Waals surface area contributed by atoms with Crippen molar-refractivity contribution in [2.24, 2.45) is 0 Å². The van der Waals surface area contributed by atoms with Crippen molar-refractivity contribution in [3.63, 3.8) is 0 Å². The molecule has 0 fully saturated rings. The second-order valence-electron chi connectivity index (χ2n) is 3.71. The summed E-state index contributed by atoms with van der Waals surface area (Å²) in [6.07, 6.45) is -0.921. The van der Waals surface area contributed by atoms with E-state index in [-0.39, 0.29) is 9.36 Å². The Bertz CT molecular complexity index is 584. The van der Waals surface area contributed by atoms with Gasteiger partial charge >= 0.3 is 11.9 Å². The van der Waals surface area contributed by atoms with E-state index in [0.717, 1.165) is 7.11 Å². The second-order valence-corrected chi connectivity index (χ2v) is 5.49. The third kappa shape index (κ3) is 3.53. The van der Waals surface area contributed by atoms with E-state index in [1.165, 1.54) is 24.3 Å². The molecule has 9 heteroatoms. The molecular weight excluding hydrogens is 290 g/mol. The minimum Gasteiger partial charge on any atom is -0.481 e. The Balaban J connectivity index is 3.22. The smallest absolute Gasteiger partial charge is 0.325 e. The molecule has 0 amide bonds. The van der Waals surface area contributed by atoms with Crippen LogP contribution in [0, 0.1) is 0 Å². The highest BCUT2D eigenvalue weighted by atomic mass is 32.2. The molecule has 0 aliphatic carbocycles. The number of carbonyl (C=O) groups is 2. The van der Waals surface area contributed by atoms with Crippen molar-refractivity contribution in [1.29, 1.82) is 0 Å². The number of nitrogens with zero attached hydrogens (tertiary/aromatic N) is 1. The zero-order chi connectivity index (χ0) is 15.3. The quantitative estimate of drug-likeness (QED) is 0.688. The van der Waals surface area contributed by atoms with E-state index in [0.29, 0.717) is 0 Å². The average Bonchev–Trinajstić information content (AvgIpc) is 2.38. The normalized spacial score (nSPS) is 13.1. The van der Waals surface area contributed by atoms with E-state index in [1.807, 2.05) is 0 Å². The van der Waals surface area contributed by atoms with Gasteiger partial charge < -0.3 is 10.2 Å². The van der Waals surface area contributed by atoms with Crippen LogP contribution in [-0.2, 0) is 24.4 Å². The number of hydroxylamine groups is 1. The molecule has 0 spiro atoms. The summed E-state index contributed by atoms with van der Waals surface area (Å²) in [6, 6.07) is 5.13. The van der Waals surface area contributed by atoms with Crippen molar-refractivity contribution >= 4 is 22.0 Å². The fraction of sp³-hybridized carbons (Fsp3) is 0.273. The van der Waals surface area contributed by atoms with Gasteiger partial charge in [0.2, 0.25) is 0 Å². The second kappa shape index (κ2) is 6.46. The summed E-state index contributed by atoms with van der Waals surface area (Å²) >= 11 is 0. The van der Waals surface area contributed by atoms with Crippen LogP contribution in [0.1, 0.15) is 6.42 Å². The van der Waals surface area contributed by atoms with Gasteiger partial charge in [0.15, 0.2) is 6.04 Å². The Labute approximate surface area is 115 Å². The number of sulfonamides is 1. The molecule has 1 aromatic carbocycles. The van der Waals surface area contributed by atoms with Crippen LogP contribution in [0.25, 0.3) is 0 Å².